The van der Waals surface area contributed by atoms with Gasteiger partial charge in [0.15, 0.2) is 11.6 Å². The summed E-state index contributed by atoms with van der Waals surface area (Å²) in [5.41, 5.74) is -0.980. The first-order chi connectivity index (χ1) is 9.75. The van der Waals surface area contributed by atoms with Crippen LogP contribution in [0.4, 0.5) is 26.1 Å². The van der Waals surface area contributed by atoms with Gasteiger partial charge in [0.05, 0.1) is 0 Å². The van der Waals surface area contributed by atoms with Crippen LogP contribution < -0.4 is 10.2 Å². The van der Waals surface area contributed by atoms with Gasteiger partial charge in [-0.1, -0.05) is 6.07 Å². The lowest BCUT2D eigenvalue weighted by Crippen LogP contribution is -2.34. The smallest absolute Gasteiger partial charge is 0.486 e. The van der Waals surface area contributed by atoms with Crippen molar-refractivity contribution in [2.45, 2.75) is 6.61 Å². The first kappa shape index (κ1) is 15.3. The van der Waals surface area contributed by atoms with Crippen molar-refractivity contribution in [1.82, 2.24) is 0 Å². The van der Waals surface area contributed by atoms with Crippen LogP contribution in [0.5, 0.6) is 5.75 Å². The molecule has 0 aromatic heterocycles. The summed E-state index contributed by atoms with van der Waals surface area (Å²) < 4.78 is 81.8. The lowest BCUT2D eigenvalue weighted by molar-refractivity contribution is 0.289. The summed E-state index contributed by atoms with van der Waals surface area (Å²) in [7, 11) is 0. The van der Waals surface area contributed by atoms with E-state index < -0.39 is 42.2 Å². The maximum atomic E-state index is 13.4. The minimum Gasteiger partial charge on any atom is -0.486 e. The van der Waals surface area contributed by atoms with E-state index >= 15 is 0 Å². The standard InChI is InChI=1S/C13H8BF6O/c15-10-3-8(4-11(16)6-10)7-21-13-5-9(14(18,19)20)1-2-12(13)17/h1-6H,7H2/q-1. The topological polar surface area (TPSA) is 9.23 Å². The zero-order chi connectivity index (χ0) is 15.6. The van der Waals surface area contributed by atoms with Gasteiger partial charge in [-0.3, -0.25) is 0 Å². The zero-order valence-electron chi connectivity index (χ0n) is 10.4. The van der Waals surface area contributed by atoms with Crippen molar-refractivity contribution < 1.29 is 30.9 Å². The molecule has 8 heteroatoms. The molecule has 0 spiro atoms. The molecule has 0 aliphatic heterocycles. The van der Waals surface area contributed by atoms with E-state index in [1.165, 1.54) is 0 Å². The number of hydrogen-bond donors (Lipinski definition) is 0. The first-order valence-corrected chi connectivity index (χ1v) is 5.83. The van der Waals surface area contributed by atoms with Gasteiger partial charge in [0.1, 0.15) is 18.2 Å². The highest BCUT2D eigenvalue weighted by Gasteiger charge is 2.26. The summed E-state index contributed by atoms with van der Waals surface area (Å²) in [5.74, 6) is -3.34. The fraction of sp³-hybridized carbons (Fsp3) is 0.0769. The summed E-state index contributed by atoms with van der Waals surface area (Å²) in [6.45, 7) is -5.75. The first-order valence-electron chi connectivity index (χ1n) is 5.83. The highest BCUT2D eigenvalue weighted by molar-refractivity contribution is 6.73. The number of rotatable bonds is 4. The average molecular weight is 305 g/mol. The predicted octanol–water partition coefficient (Wildman–Crippen LogP) is 3.74. The third kappa shape index (κ3) is 3.93. The Balaban J connectivity index is 2.19. The highest BCUT2D eigenvalue weighted by atomic mass is 19.4. The molecular formula is C13H8BF6O-. The fourth-order valence-corrected chi connectivity index (χ4v) is 1.69. The summed E-state index contributed by atoms with van der Waals surface area (Å²) in [6.07, 6.45) is 0. The van der Waals surface area contributed by atoms with E-state index in [2.05, 4.69) is 0 Å². The molecule has 0 atom stereocenters. The Kier molecular flexibility index (Phi) is 4.15. The van der Waals surface area contributed by atoms with Crippen LogP contribution in [0.15, 0.2) is 36.4 Å². The van der Waals surface area contributed by atoms with Gasteiger partial charge in [0, 0.05) is 6.07 Å². The zero-order valence-corrected chi connectivity index (χ0v) is 10.4. The molecule has 0 fully saturated rings. The predicted molar refractivity (Wildman–Crippen MR) is 65.8 cm³/mol. The van der Waals surface area contributed by atoms with Gasteiger partial charge in [0.25, 0.3) is 0 Å². The SMILES string of the molecule is Fc1cc(F)cc(COc2cc([B-](F)(F)F)ccc2F)c1. The summed E-state index contributed by atoms with van der Waals surface area (Å²) in [5, 5.41) is 0. The molecule has 2 aromatic carbocycles. The minimum atomic E-state index is -5.29. The van der Waals surface area contributed by atoms with E-state index in [0.717, 1.165) is 12.1 Å². The molecule has 0 unspecified atom stereocenters. The molecule has 0 bridgehead atoms. The average Bonchev–Trinajstić information content (AvgIpc) is 2.35. The van der Waals surface area contributed by atoms with E-state index in [0.29, 0.717) is 24.3 Å². The molecule has 0 radical (unpaired) electrons. The van der Waals surface area contributed by atoms with E-state index in [1.807, 2.05) is 0 Å². The van der Waals surface area contributed by atoms with E-state index in [9.17, 15) is 26.1 Å². The Labute approximate surface area is 116 Å². The number of benzene rings is 2. The second-order valence-electron chi connectivity index (χ2n) is 4.33. The highest BCUT2D eigenvalue weighted by Crippen LogP contribution is 2.20. The van der Waals surface area contributed by atoms with Crippen molar-refractivity contribution in [2.75, 3.05) is 0 Å². The quantitative estimate of drug-likeness (QED) is 0.618. The molecule has 21 heavy (non-hydrogen) atoms. The minimum absolute atomic E-state index is 0.0369. The molecule has 0 aliphatic carbocycles. The maximum Gasteiger partial charge on any atom is 0.509 e. The van der Waals surface area contributed by atoms with Gasteiger partial charge in [0.2, 0.25) is 0 Å². The van der Waals surface area contributed by atoms with Crippen LogP contribution in [0.3, 0.4) is 0 Å². The number of ether oxygens (including phenoxy) is 1. The van der Waals surface area contributed by atoms with Crippen molar-refractivity contribution >= 4 is 12.4 Å². The van der Waals surface area contributed by atoms with Crippen molar-refractivity contribution in [3.8, 4) is 5.75 Å². The Hall–Kier alpha value is -2.12. The van der Waals surface area contributed by atoms with Gasteiger partial charge in [-0.2, -0.15) is 0 Å². The maximum absolute atomic E-state index is 13.4. The van der Waals surface area contributed by atoms with Gasteiger partial charge in [-0.15, -0.1) is 5.46 Å². The largest absolute Gasteiger partial charge is 0.509 e. The third-order valence-electron chi connectivity index (χ3n) is 2.65. The van der Waals surface area contributed by atoms with Crippen LogP contribution in [0, 0.1) is 17.5 Å². The van der Waals surface area contributed by atoms with Gasteiger partial charge < -0.3 is 17.7 Å². The summed E-state index contributed by atoms with van der Waals surface area (Å²) in [4.78, 5) is 0. The Morgan fingerprint density at radius 3 is 2.05 bits per heavy atom. The lowest BCUT2D eigenvalue weighted by Gasteiger charge is -2.16. The molecule has 112 valence electrons. The van der Waals surface area contributed by atoms with Crippen LogP contribution in [-0.2, 0) is 6.61 Å². The molecule has 2 rings (SSSR count). The van der Waals surface area contributed by atoms with E-state index in [-0.39, 0.29) is 5.56 Å². The van der Waals surface area contributed by atoms with Crippen LogP contribution in [-0.4, -0.2) is 6.98 Å². The number of halogens is 6. The van der Waals surface area contributed by atoms with Crippen molar-refractivity contribution in [1.29, 1.82) is 0 Å². The van der Waals surface area contributed by atoms with Crippen molar-refractivity contribution in [3.63, 3.8) is 0 Å². The van der Waals surface area contributed by atoms with Crippen LogP contribution in [0.25, 0.3) is 0 Å². The van der Waals surface area contributed by atoms with Crippen molar-refractivity contribution in [3.05, 3.63) is 59.4 Å². The second-order valence-corrected chi connectivity index (χ2v) is 4.33. The Bertz CT molecular complexity index is 635. The molecule has 0 saturated heterocycles. The molecule has 0 N–H and O–H groups in total. The van der Waals surface area contributed by atoms with Crippen molar-refractivity contribution in [2.24, 2.45) is 0 Å². The molecule has 0 amide bonds. The molecule has 0 aliphatic rings. The summed E-state index contributed by atoms with van der Waals surface area (Å²) in [6, 6.07) is 4.27. The second kappa shape index (κ2) is 5.71. The summed E-state index contributed by atoms with van der Waals surface area (Å²) >= 11 is 0. The normalized spacial score (nSPS) is 11.5. The molecular weight excluding hydrogens is 297 g/mol. The Morgan fingerprint density at radius 1 is 0.857 bits per heavy atom. The monoisotopic (exact) mass is 305 g/mol. The van der Waals surface area contributed by atoms with Crippen LogP contribution in [0.2, 0.25) is 0 Å². The van der Waals surface area contributed by atoms with Crippen LogP contribution in [0.1, 0.15) is 5.56 Å². The van der Waals surface area contributed by atoms with Gasteiger partial charge >= 0.3 is 6.98 Å². The number of hydrogen-bond acceptors (Lipinski definition) is 1. The lowest BCUT2D eigenvalue weighted by atomic mass is 9.80. The Morgan fingerprint density at radius 2 is 1.48 bits per heavy atom. The van der Waals surface area contributed by atoms with E-state index in [4.69, 9.17) is 4.74 Å². The third-order valence-corrected chi connectivity index (χ3v) is 2.65. The fourth-order valence-electron chi connectivity index (χ4n) is 1.69. The van der Waals surface area contributed by atoms with Gasteiger partial charge in [-0.25, -0.2) is 13.2 Å². The molecule has 0 heterocycles. The van der Waals surface area contributed by atoms with Gasteiger partial charge in [-0.05, 0) is 29.8 Å². The molecule has 2 aromatic rings. The molecule has 0 saturated carbocycles. The molecule has 1 nitrogen and oxygen atoms in total. The van der Waals surface area contributed by atoms with E-state index in [1.54, 1.807) is 0 Å². The van der Waals surface area contributed by atoms with Crippen LogP contribution >= 0.6 is 0 Å².